The zero-order valence-corrected chi connectivity index (χ0v) is 11.2. The Morgan fingerprint density at radius 3 is 2.52 bits per heavy atom. The van der Waals surface area contributed by atoms with Crippen molar-refractivity contribution in [3.8, 4) is 0 Å². The number of carbonyl (C=O) groups excluding carboxylic acids is 3. The van der Waals surface area contributed by atoms with E-state index in [1.54, 1.807) is 0 Å². The Morgan fingerprint density at radius 2 is 2.05 bits per heavy atom. The molecule has 0 radical (unpaired) electrons. The number of hydrogen-bond donors (Lipinski definition) is 1. The van der Waals surface area contributed by atoms with Crippen molar-refractivity contribution in [1.29, 1.82) is 0 Å². The summed E-state index contributed by atoms with van der Waals surface area (Å²) in [5, 5.41) is 3.45. The molecule has 1 N–H and O–H groups in total. The van der Waals surface area contributed by atoms with Crippen molar-refractivity contribution in [1.82, 2.24) is 10.3 Å². The van der Waals surface area contributed by atoms with Crippen LogP contribution in [-0.4, -0.2) is 54.8 Å². The Hall–Kier alpha value is -2.13. The molecular formula is C11H14F3N3O4. The minimum Gasteiger partial charge on any atom is -0.469 e. The number of halogens is 3. The molecule has 0 aromatic heterocycles. The monoisotopic (exact) mass is 309 g/mol. The summed E-state index contributed by atoms with van der Waals surface area (Å²) in [7, 11) is 1.10. The molecule has 7 nitrogen and oxygen atoms in total. The molecule has 0 aliphatic carbocycles. The number of nitrogens with zero attached hydrogens (tertiary/aromatic N) is 2. The predicted octanol–water partition coefficient (Wildman–Crippen LogP) is 0.206. The number of carbonyl (C=O) groups is 3. The van der Waals surface area contributed by atoms with Gasteiger partial charge in [-0.2, -0.15) is 18.3 Å². The molecule has 0 saturated carbocycles. The third kappa shape index (κ3) is 5.79. The number of ether oxygens (including phenoxy) is 1. The Bertz CT molecular complexity index is 462. The van der Waals surface area contributed by atoms with Gasteiger partial charge in [0.05, 0.1) is 13.5 Å². The van der Waals surface area contributed by atoms with Gasteiger partial charge in [0.15, 0.2) is 0 Å². The van der Waals surface area contributed by atoms with Crippen molar-refractivity contribution in [2.24, 2.45) is 5.10 Å². The molecule has 0 saturated heterocycles. The minimum atomic E-state index is -4.61. The van der Waals surface area contributed by atoms with Crippen LogP contribution in [-0.2, 0) is 19.1 Å². The van der Waals surface area contributed by atoms with Gasteiger partial charge in [0.1, 0.15) is 12.3 Å². The molecule has 0 unspecified atom stereocenters. The Morgan fingerprint density at radius 1 is 1.38 bits per heavy atom. The number of esters is 1. The molecular weight excluding hydrogens is 295 g/mol. The number of rotatable bonds is 5. The average molecular weight is 309 g/mol. The van der Waals surface area contributed by atoms with Gasteiger partial charge in [-0.15, -0.1) is 0 Å². The fourth-order valence-electron chi connectivity index (χ4n) is 1.61. The molecule has 10 heteroatoms. The van der Waals surface area contributed by atoms with Gasteiger partial charge in [-0.1, -0.05) is 0 Å². The second-order valence-corrected chi connectivity index (χ2v) is 4.26. The zero-order chi connectivity index (χ0) is 16.0. The lowest BCUT2D eigenvalue weighted by molar-refractivity contribution is -0.159. The van der Waals surface area contributed by atoms with Gasteiger partial charge in [0.2, 0.25) is 5.91 Å². The molecule has 2 amide bonds. The van der Waals surface area contributed by atoms with E-state index >= 15 is 0 Å². The van der Waals surface area contributed by atoms with E-state index in [0.717, 1.165) is 7.11 Å². The summed E-state index contributed by atoms with van der Waals surface area (Å²) in [5.74, 6) is -2.10. The summed E-state index contributed by atoms with van der Waals surface area (Å²) in [6.45, 7) is -1.95. The molecule has 1 heterocycles. The van der Waals surface area contributed by atoms with Gasteiger partial charge in [0.25, 0.3) is 5.91 Å². The lowest BCUT2D eigenvalue weighted by atomic mass is 10.1. The number of methoxy groups -OCH3 is 1. The summed E-state index contributed by atoms with van der Waals surface area (Å²) in [5.41, 5.74) is 1.86. The van der Waals surface area contributed by atoms with Crippen LogP contribution in [0.15, 0.2) is 5.10 Å². The van der Waals surface area contributed by atoms with Crippen molar-refractivity contribution in [3.63, 3.8) is 0 Å². The van der Waals surface area contributed by atoms with E-state index in [1.807, 2.05) is 5.43 Å². The summed E-state index contributed by atoms with van der Waals surface area (Å²) >= 11 is 0. The highest BCUT2D eigenvalue weighted by Gasteiger charge is 2.35. The van der Waals surface area contributed by atoms with Crippen molar-refractivity contribution in [2.75, 3.05) is 20.2 Å². The quantitative estimate of drug-likeness (QED) is 0.735. The van der Waals surface area contributed by atoms with E-state index in [4.69, 9.17) is 0 Å². The van der Waals surface area contributed by atoms with Crippen molar-refractivity contribution < 1.29 is 32.3 Å². The smallest absolute Gasteiger partial charge is 0.406 e. The zero-order valence-electron chi connectivity index (χ0n) is 11.2. The van der Waals surface area contributed by atoms with Crippen LogP contribution in [0.25, 0.3) is 0 Å². The largest absolute Gasteiger partial charge is 0.469 e. The molecule has 0 spiro atoms. The van der Waals surface area contributed by atoms with Gasteiger partial charge in [-0.25, -0.2) is 5.43 Å². The maximum Gasteiger partial charge on any atom is 0.406 e. The number of nitrogens with one attached hydrogen (secondary N) is 1. The topological polar surface area (TPSA) is 88.1 Å². The van der Waals surface area contributed by atoms with Crippen LogP contribution in [0.3, 0.4) is 0 Å². The van der Waals surface area contributed by atoms with Gasteiger partial charge in [-0.3, -0.25) is 14.4 Å². The maximum absolute atomic E-state index is 12.5. The van der Waals surface area contributed by atoms with Crippen molar-refractivity contribution in [2.45, 2.75) is 25.4 Å². The lowest BCUT2D eigenvalue weighted by Crippen LogP contribution is -2.45. The van der Waals surface area contributed by atoms with Crippen LogP contribution in [0.4, 0.5) is 13.2 Å². The molecule has 0 bridgehead atoms. The highest BCUT2D eigenvalue weighted by Crippen LogP contribution is 2.18. The molecule has 21 heavy (non-hydrogen) atoms. The number of hydrogen-bond acceptors (Lipinski definition) is 5. The molecule has 0 atom stereocenters. The van der Waals surface area contributed by atoms with Crippen LogP contribution in [0, 0.1) is 0 Å². The third-order valence-electron chi connectivity index (χ3n) is 2.62. The Labute approximate surface area is 118 Å². The fraction of sp³-hybridized carbons (Fsp3) is 0.636. The highest BCUT2D eigenvalue weighted by atomic mass is 19.4. The number of alkyl halides is 3. The molecule has 1 aliphatic heterocycles. The first-order chi connectivity index (χ1) is 9.73. The maximum atomic E-state index is 12.5. The predicted molar refractivity (Wildman–Crippen MR) is 64.1 cm³/mol. The molecule has 118 valence electrons. The van der Waals surface area contributed by atoms with Crippen molar-refractivity contribution in [3.05, 3.63) is 0 Å². The average Bonchev–Trinajstić information content (AvgIpc) is 2.42. The molecule has 1 aliphatic rings. The number of hydrazone groups is 1. The molecule has 0 aromatic rings. The highest BCUT2D eigenvalue weighted by molar-refractivity contribution is 6.39. The lowest BCUT2D eigenvalue weighted by Gasteiger charge is -2.24. The molecule has 0 fully saturated rings. The van der Waals surface area contributed by atoms with Gasteiger partial charge >= 0.3 is 12.1 Å². The van der Waals surface area contributed by atoms with E-state index in [9.17, 15) is 27.6 Å². The van der Waals surface area contributed by atoms with Gasteiger partial charge in [0, 0.05) is 19.4 Å². The van der Waals surface area contributed by atoms with E-state index < -0.39 is 37.0 Å². The van der Waals surface area contributed by atoms with Crippen LogP contribution in [0.1, 0.15) is 19.3 Å². The first kappa shape index (κ1) is 16.9. The van der Waals surface area contributed by atoms with E-state index in [1.165, 1.54) is 0 Å². The standard InChI is InChI=1S/C11H14F3N3O4/c1-21-9(19)4-5-17(6-11(12,13)14)10(20)7-2-3-8(18)16-15-7/h2-6H2,1H3,(H,16,18). The summed E-state index contributed by atoms with van der Waals surface area (Å²) in [6, 6.07) is 0. The summed E-state index contributed by atoms with van der Waals surface area (Å²) in [6.07, 6.45) is -5.04. The summed E-state index contributed by atoms with van der Waals surface area (Å²) < 4.78 is 41.8. The first-order valence-corrected chi connectivity index (χ1v) is 6.01. The first-order valence-electron chi connectivity index (χ1n) is 6.01. The van der Waals surface area contributed by atoms with Crippen LogP contribution < -0.4 is 5.43 Å². The van der Waals surface area contributed by atoms with Crippen LogP contribution >= 0.6 is 0 Å². The fourth-order valence-corrected chi connectivity index (χ4v) is 1.61. The molecule has 0 aromatic carbocycles. The van der Waals surface area contributed by atoms with Gasteiger partial charge < -0.3 is 9.64 Å². The van der Waals surface area contributed by atoms with Crippen LogP contribution in [0.2, 0.25) is 0 Å². The van der Waals surface area contributed by atoms with Crippen LogP contribution in [0.5, 0.6) is 0 Å². The van der Waals surface area contributed by atoms with Gasteiger partial charge in [-0.05, 0) is 0 Å². The minimum absolute atomic E-state index is 0.0264. The second kappa shape index (κ2) is 7.04. The Balaban J connectivity index is 2.77. The Kier molecular flexibility index (Phi) is 5.68. The van der Waals surface area contributed by atoms with Crippen molar-refractivity contribution >= 4 is 23.5 Å². The van der Waals surface area contributed by atoms with E-state index in [2.05, 4.69) is 9.84 Å². The second-order valence-electron chi connectivity index (χ2n) is 4.26. The SMILES string of the molecule is COC(=O)CCN(CC(F)(F)F)C(=O)C1=NNC(=O)CC1. The summed E-state index contributed by atoms with van der Waals surface area (Å²) in [4.78, 5) is 34.3. The normalized spacial score (nSPS) is 15.0. The number of amides is 2. The molecule has 1 rings (SSSR count). The van der Waals surface area contributed by atoms with E-state index in [0.29, 0.717) is 4.90 Å². The third-order valence-corrected chi connectivity index (χ3v) is 2.62. The van der Waals surface area contributed by atoms with E-state index in [-0.39, 0.29) is 25.0 Å².